The predicted molar refractivity (Wildman–Crippen MR) is 115 cm³/mol. The number of pyridine rings is 1. The molecule has 7 nitrogen and oxygen atoms in total. The third-order valence-corrected chi connectivity index (χ3v) is 5.46. The van der Waals surface area contributed by atoms with Crippen molar-refractivity contribution in [3.8, 4) is 11.5 Å². The van der Waals surface area contributed by atoms with Crippen molar-refractivity contribution >= 4 is 22.7 Å². The first kappa shape index (κ1) is 19.7. The van der Waals surface area contributed by atoms with Gasteiger partial charge >= 0.3 is 0 Å². The lowest BCUT2D eigenvalue weighted by Crippen LogP contribution is -2.30. The lowest BCUT2D eigenvalue weighted by Gasteiger charge is -2.26. The number of rotatable bonds is 4. The number of carbonyl (C=O) groups is 1. The average Bonchev–Trinajstić information content (AvgIpc) is 3.11. The highest BCUT2D eigenvalue weighted by Crippen LogP contribution is 2.45. The summed E-state index contributed by atoms with van der Waals surface area (Å²) in [4.78, 5) is 32.7. The normalized spacial score (nSPS) is 15.2. The molecule has 0 saturated carbocycles. The smallest absolute Gasteiger partial charge is 0.296 e. The fourth-order valence-electron chi connectivity index (χ4n) is 4.10. The van der Waals surface area contributed by atoms with Crippen molar-refractivity contribution in [3.05, 3.63) is 93.7 Å². The summed E-state index contributed by atoms with van der Waals surface area (Å²) in [7, 11) is 2.97. The van der Waals surface area contributed by atoms with Gasteiger partial charge in [-0.15, -0.1) is 0 Å². The maximum Gasteiger partial charge on any atom is 0.296 e. The Balaban J connectivity index is 1.87. The van der Waals surface area contributed by atoms with Gasteiger partial charge in [0.25, 0.3) is 5.91 Å². The SMILES string of the molecule is COc1cccc(C2c3c(oc4ccc(F)cc4c3=O)C(=O)N2c2ccccn2)c1OC. The number of fused-ring (bicyclic) bond motifs is 2. The minimum Gasteiger partial charge on any atom is -0.493 e. The zero-order valence-corrected chi connectivity index (χ0v) is 17.2. The number of hydrogen-bond donors (Lipinski definition) is 0. The zero-order chi connectivity index (χ0) is 22.4. The predicted octanol–water partition coefficient (Wildman–Crippen LogP) is 4.09. The van der Waals surface area contributed by atoms with Gasteiger partial charge in [0.2, 0.25) is 5.76 Å². The molecule has 1 amide bonds. The van der Waals surface area contributed by atoms with Crippen molar-refractivity contribution < 1.29 is 23.1 Å². The summed E-state index contributed by atoms with van der Waals surface area (Å²) in [6, 6.07) is 13.0. The van der Waals surface area contributed by atoms with Crippen LogP contribution in [-0.2, 0) is 0 Å². The summed E-state index contributed by atoms with van der Waals surface area (Å²) < 4.78 is 30.7. The van der Waals surface area contributed by atoms with E-state index in [0.29, 0.717) is 22.9 Å². The highest BCUT2D eigenvalue weighted by atomic mass is 19.1. The Morgan fingerprint density at radius 2 is 1.88 bits per heavy atom. The molecule has 2 aromatic heterocycles. The maximum absolute atomic E-state index is 13.9. The summed E-state index contributed by atoms with van der Waals surface area (Å²) in [5.41, 5.74) is 0.225. The van der Waals surface area contributed by atoms with E-state index in [9.17, 15) is 14.0 Å². The second-order valence-corrected chi connectivity index (χ2v) is 7.16. The molecule has 5 rings (SSSR count). The Bertz CT molecular complexity index is 1420. The molecule has 0 saturated heterocycles. The van der Waals surface area contributed by atoms with Crippen LogP contribution in [0.2, 0.25) is 0 Å². The second kappa shape index (κ2) is 7.49. The van der Waals surface area contributed by atoms with Crippen LogP contribution in [-0.4, -0.2) is 25.1 Å². The Morgan fingerprint density at radius 3 is 2.59 bits per heavy atom. The second-order valence-electron chi connectivity index (χ2n) is 7.16. The quantitative estimate of drug-likeness (QED) is 0.483. The molecule has 1 aliphatic heterocycles. The standard InChI is InChI=1S/C24H17FN2O5/c1-30-17-7-5-6-14(22(17)31-2)20-19-21(28)15-12-13(25)9-10-16(15)32-23(19)24(29)27(20)18-8-3-4-11-26-18/h3-12,20H,1-2H3. The third kappa shape index (κ3) is 2.84. The first-order chi connectivity index (χ1) is 15.5. The lowest BCUT2D eigenvalue weighted by molar-refractivity contribution is 0.0970. The van der Waals surface area contributed by atoms with Crippen LogP contribution < -0.4 is 19.8 Å². The van der Waals surface area contributed by atoms with Crippen molar-refractivity contribution in [2.24, 2.45) is 0 Å². The largest absolute Gasteiger partial charge is 0.493 e. The fraction of sp³-hybridized carbons (Fsp3) is 0.125. The van der Waals surface area contributed by atoms with Crippen molar-refractivity contribution in [2.75, 3.05) is 19.1 Å². The van der Waals surface area contributed by atoms with Crippen LogP contribution in [0, 0.1) is 5.82 Å². The molecule has 1 atom stereocenters. The number of benzene rings is 2. The molecule has 0 aliphatic carbocycles. The molecule has 0 spiro atoms. The zero-order valence-electron chi connectivity index (χ0n) is 17.2. The Kier molecular flexibility index (Phi) is 4.62. The molecule has 1 unspecified atom stereocenters. The van der Waals surface area contributed by atoms with Gasteiger partial charge < -0.3 is 13.9 Å². The van der Waals surface area contributed by atoms with Crippen molar-refractivity contribution in [3.63, 3.8) is 0 Å². The van der Waals surface area contributed by atoms with E-state index >= 15 is 0 Å². The van der Waals surface area contributed by atoms with Gasteiger partial charge in [-0.3, -0.25) is 14.5 Å². The van der Waals surface area contributed by atoms with Crippen LogP contribution >= 0.6 is 0 Å². The number of nitrogens with zero attached hydrogens (tertiary/aromatic N) is 2. The first-order valence-corrected chi connectivity index (χ1v) is 9.77. The van der Waals surface area contributed by atoms with Gasteiger partial charge in [-0.1, -0.05) is 18.2 Å². The molecule has 2 aromatic carbocycles. The summed E-state index contributed by atoms with van der Waals surface area (Å²) in [5, 5.41) is 0.0475. The number of halogens is 1. The molecule has 0 radical (unpaired) electrons. The van der Waals surface area contributed by atoms with Gasteiger partial charge in [-0.05, 0) is 36.4 Å². The highest BCUT2D eigenvalue weighted by molar-refractivity contribution is 6.10. The molecule has 0 fully saturated rings. The number of anilines is 1. The molecular weight excluding hydrogens is 415 g/mol. The Labute approximate surface area is 181 Å². The summed E-state index contributed by atoms with van der Waals surface area (Å²) in [5.74, 6) is -0.102. The van der Waals surface area contributed by atoms with Crippen molar-refractivity contribution in [1.29, 1.82) is 0 Å². The third-order valence-electron chi connectivity index (χ3n) is 5.46. The molecule has 0 bridgehead atoms. The molecule has 1 aliphatic rings. The van der Waals surface area contributed by atoms with Crippen LogP contribution in [0.4, 0.5) is 10.2 Å². The van der Waals surface area contributed by atoms with Crippen LogP contribution in [0.1, 0.15) is 27.7 Å². The van der Waals surface area contributed by atoms with E-state index < -0.39 is 23.2 Å². The van der Waals surface area contributed by atoms with Crippen LogP contribution in [0.25, 0.3) is 11.0 Å². The summed E-state index contributed by atoms with van der Waals surface area (Å²) in [6.07, 6.45) is 1.55. The number of ether oxygens (including phenoxy) is 2. The molecule has 4 aromatic rings. The molecule has 8 heteroatoms. The lowest BCUT2D eigenvalue weighted by atomic mass is 9.97. The van der Waals surface area contributed by atoms with Gasteiger partial charge in [0.15, 0.2) is 16.9 Å². The first-order valence-electron chi connectivity index (χ1n) is 9.77. The van der Waals surface area contributed by atoms with E-state index in [-0.39, 0.29) is 22.3 Å². The van der Waals surface area contributed by atoms with E-state index in [2.05, 4.69) is 4.98 Å². The minimum atomic E-state index is -0.915. The van der Waals surface area contributed by atoms with Crippen LogP contribution in [0.5, 0.6) is 11.5 Å². The molecule has 0 N–H and O–H groups in total. The van der Waals surface area contributed by atoms with E-state index in [1.165, 1.54) is 31.3 Å². The Morgan fingerprint density at radius 1 is 1.03 bits per heavy atom. The molecule has 3 heterocycles. The number of amides is 1. The monoisotopic (exact) mass is 432 g/mol. The molecule has 160 valence electrons. The number of methoxy groups -OCH3 is 2. The summed E-state index contributed by atoms with van der Waals surface area (Å²) >= 11 is 0. The van der Waals surface area contributed by atoms with Crippen molar-refractivity contribution in [1.82, 2.24) is 4.98 Å². The number of para-hydroxylation sites is 1. The minimum absolute atomic E-state index is 0.0475. The summed E-state index contributed by atoms with van der Waals surface area (Å²) in [6.45, 7) is 0. The molecule has 32 heavy (non-hydrogen) atoms. The molecular formula is C24H17FN2O5. The van der Waals surface area contributed by atoms with Crippen LogP contribution in [0.3, 0.4) is 0 Å². The van der Waals surface area contributed by atoms with E-state index in [4.69, 9.17) is 13.9 Å². The van der Waals surface area contributed by atoms with Gasteiger partial charge in [-0.25, -0.2) is 9.37 Å². The number of aromatic nitrogens is 1. The van der Waals surface area contributed by atoms with Gasteiger partial charge in [0, 0.05) is 11.8 Å². The topological polar surface area (TPSA) is 81.9 Å². The van der Waals surface area contributed by atoms with Gasteiger partial charge in [0.05, 0.1) is 25.2 Å². The number of hydrogen-bond acceptors (Lipinski definition) is 6. The Hall–Kier alpha value is -4.20. The number of carbonyl (C=O) groups excluding carboxylic acids is 1. The van der Waals surface area contributed by atoms with Gasteiger partial charge in [0.1, 0.15) is 23.3 Å². The average molecular weight is 432 g/mol. The fourth-order valence-corrected chi connectivity index (χ4v) is 4.10. The van der Waals surface area contributed by atoms with E-state index in [1.54, 1.807) is 42.6 Å². The van der Waals surface area contributed by atoms with E-state index in [0.717, 1.165) is 6.07 Å². The van der Waals surface area contributed by atoms with Crippen LogP contribution in [0.15, 0.2) is 70.0 Å². The highest BCUT2D eigenvalue weighted by Gasteiger charge is 2.45. The van der Waals surface area contributed by atoms with Gasteiger partial charge in [-0.2, -0.15) is 0 Å². The van der Waals surface area contributed by atoms with Crippen molar-refractivity contribution in [2.45, 2.75) is 6.04 Å². The van der Waals surface area contributed by atoms with E-state index in [1.807, 2.05) is 0 Å². The maximum atomic E-state index is 13.9.